The van der Waals surface area contributed by atoms with Crippen LogP contribution in [0.15, 0.2) is 24.4 Å². The number of nitrogens with zero attached hydrogens (tertiary/aromatic N) is 3. The minimum Gasteiger partial charge on any atom is -0.370 e. The van der Waals surface area contributed by atoms with Crippen LogP contribution < -0.4 is 10.6 Å². The van der Waals surface area contributed by atoms with E-state index < -0.39 is 0 Å². The number of rotatable bonds is 5. The Morgan fingerprint density at radius 1 is 1.40 bits per heavy atom. The van der Waals surface area contributed by atoms with Gasteiger partial charge in [0.1, 0.15) is 11.0 Å². The van der Waals surface area contributed by atoms with Gasteiger partial charge in [-0.15, -0.1) is 0 Å². The van der Waals surface area contributed by atoms with Crippen LogP contribution >= 0.6 is 11.6 Å². The predicted octanol–water partition coefficient (Wildman–Crippen LogP) is 2.54. The summed E-state index contributed by atoms with van der Waals surface area (Å²) >= 11 is 5.93. The summed E-state index contributed by atoms with van der Waals surface area (Å²) in [7, 11) is 1.78. The molecular formula is C13H16ClN5O. The topological polar surface area (TPSA) is 71.8 Å². The van der Waals surface area contributed by atoms with Crippen molar-refractivity contribution in [3.05, 3.63) is 35.1 Å². The van der Waals surface area contributed by atoms with E-state index in [4.69, 9.17) is 11.6 Å². The number of aryl methyl sites for hydroxylation is 1. The minimum absolute atomic E-state index is 0.271. The van der Waals surface area contributed by atoms with Crippen LogP contribution in [-0.4, -0.2) is 27.2 Å². The second kappa shape index (κ2) is 6.38. The van der Waals surface area contributed by atoms with Crippen molar-refractivity contribution in [3.8, 4) is 0 Å². The van der Waals surface area contributed by atoms with Crippen LogP contribution in [0, 0.1) is 0 Å². The SMILES string of the molecule is CCCNc1cc(C(=O)Nc2ccn(C)n2)cc(Cl)n1. The van der Waals surface area contributed by atoms with E-state index in [1.165, 1.54) is 6.07 Å². The summed E-state index contributed by atoms with van der Waals surface area (Å²) in [6, 6.07) is 4.91. The molecule has 0 radical (unpaired) electrons. The molecule has 2 aromatic rings. The summed E-state index contributed by atoms with van der Waals surface area (Å²) < 4.78 is 1.61. The molecule has 0 bridgehead atoms. The van der Waals surface area contributed by atoms with Gasteiger partial charge in [-0.3, -0.25) is 9.48 Å². The fourth-order valence-electron chi connectivity index (χ4n) is 1.64. The van der Waals surface area contributed by atoms with Crippen molar-refractivity contribution in [2.45, 2.75) is 13.3 Å². The highest BCUT2D eigenvalue weighted by Crippen LogP contribution is 2.16. The van der Waals surface area contributed by atoms with Gasteiger partial charge in [0.25, 0.3) is 5.91 Å². The normalized spacial score (nSPS) is 10.3. The molecule has 2 N–H and O–H groups in total. The Labute approximate surface area is 122 Å². The second-order valence-electron chi connectivity index (χ2n) is 4.32. The van der Waals surface area contributed by atoms with E-state index in [2.05, 4.69) is 20.7 Å². The van der Waals surface area contributed by atoms with Crippen molar-refractivity contribution in [1.29, 1.82) is 0 Å². The van der Waals surface area contributed by atoms with E-state index in [9.17, 15) is 4.79 Å². The number of hydrogen-bond acceptors (Lipinski definition) is 4. The number of carbonyl (C=O) groups excluding carboxylic acids is 1. The lowest BCUT2D eigenvalue weighted by Gasteiger charge is -2.07. The van der Waals surface area contributed by atoms with Crippen molar-refractivity contribution in [2.75, 3.05) is 17.2 Å². The van der Waals surface area contributed by atoms with E-state index in [1.807, 2.05) is 6.92 Å². The fraction of sp³-hybridized carbons (Fsp3) is 0.308. The third kappa shape index (κ3) is 3.71. The monoisotopic (exact) mass is 293 g/mol. The minimum atomic E-state index is -0.271. The zero-order chi connectivity index (χ0) is 14.5. The molecule has 2 rings (SSSR count). The summed E-state index contributed by atoms with van der Waals surface area (Å²) in [6.45, 7) is 2.82. The largest absolute Gasteiger partial charge is 0.370 e. The first-order valence-corrected chi connectivity index (χ1v) is 6.68. The molecule has 0 aromatic carbocycles. The van der Waals surface area contributed by atoms with E-state index in [0.717, 1.165) is 13.0 Å². The summed E-state index contributed by atoms with van der Waals surface area (Å²) in [5, 5.41) is 10.2. The number of halogens is 1. The molecule has 0 fully saturated rings. The highest BCUT2D eigenvalue weighted by Gasteiger charge is 2.10. The van der Waals surface area contributed by atoms with E-state index in [1.54, 1.807) is 30.1 Å². The smallest absolute Gasteiger partial charge is 0.257 e. The first-order chi connectivity index (χ1) is 9.58. The highest BCUT2D eigenvalue weighted by molar-refractivity contribution is 6.30. The van der Waals surface area contributed by atoms with Crippen LogP contribution in [0.3, 0.4) is 0 Å². The number of amides is 1. The highest BCUT2D eigenvalue weighted by atomic mass is 35.5. The zero-order valence-electron chi connectivity index (χ0n) is 11.4. The summed E-state index contributed by atoms with van der Waals surface area (Å²) in [5.41, 5.74) is 0.439. The first kappa shape index (κ1) is 14.3. The Balaban J connectivity index is 2.14. The molecule has 0 unspecified atom stereocenters. The van der Waals surface area contributed by atoms with Gasteiger partial charge in [-0.2, -0.15) is 5.10 Å². The Morgan fingerprint density at radius 2 is 2.20 bits per heavy atom. The van der Waals surface area contributed by atoms with Gasteiger partial charge in [0.05, 0.1) is 0 Å². The molecule has 1 amide bonds. The van der Waals surface area contributed by atoms with Gasteiger partial charge in [0, 0.05) is 31.4 Å². The molecule has 2 heterocycles. The lowest BCUT2D eigenvalue weighted by atomic mass is 10.2. The third-order valence-electron chi connectivity index (χ3n) is 2.57. The average molecular weight is 294 g/mol. The Kier molecular flexibility index (Phi) is 4.57. The molecule has 7 heteroatoms. The number of hydrogen-bond donors (Lipinski definition) is 2. The number of nitrogens with one attached hydrogen (secondary N) is 2. The number of pyridine rings is 1. The summed E-state index contributed by atoms with van der Waals surface area (Å²) in [4.78, 5) is 16.2. The molecule has 0 aliphatic rings. The third-order valence-corrected chi connectivity index (χ3v) is 2.76. The predicted molar refractivity (Wildman–Crippen MR) is 79.2 cm³/mol. The van der Waals surface area contributed by atoms with Gasteiger partial charge >= 0.3 is 0 Å². The zero-order valence-corrected chi connectivity index (χ0v) is 12.1. The van der Waals surface area contributed by atoms with Crippen molar-refractivity contribution in [1.82, 2.24) is 14.8 Å². The van der Waals surface area contributed by atoms with Crippen molar-refractivity contribution in [3.63, 3.8) is 0 Å². The van der Waals surface area contributed by atoms with E-state index in [-0.39, 0.29) is 11.1 Å². The maximum Gasteiger partial charge on any atom is 0.257 e. The molecule has 0 saturated carbocycles. The van der Waals surface area contributed by atoms with Gasteiger partial charge in [0.15, 0.2) is 5.82 Å². The summed E-state index contributed by atoms with van der Waals surface area (Å²) in [5.74, 6) is 0.812. The number of anilines is 2. The summed E-state index contributed by atoms with van der Waals surface area (Å²) in [6.07, 6.45) is 2.72. The Morgan fingerprint density at radius 3 is 2.85 bits per heavy atom. The lowest BCUT2D eigenvalue weighted by molar-refractivity contribution is 0.102. The van der Waals surface area contributed by atoms with Crippen LogP contribution in [0.2, 0.25) is 5.15 Å². The lowest BCUT2D eigenvalue weighted by Crippen LogP contribution is -2.14. The van der Waals surface area contributed by atoms with Gasteiger partial charge < -0.3 is 10.6 Å². The van der Waals surface area contributed by atoms with Gasteiger partial charge in [0.2, 0.25) is 0 Å². The van der Waals surface area contributed by atoms with Crippen molar-refractivity contribution in [2.24, 2.45) is 7.05 Å². The van der Waals surface area contributed by atoms with E-state index >= 15 is 0 Å². The van der Waals surface area contributed by atoms with Gasteiger partial charge in [-0.25, -0.2) is 4.98 Å². The quantitative estimate of drug-likeness (QED) is 0.831. The molecule has 20 heavy (non-hydrogen) atoms. The standard InChI is InChI=1S/C13H16ClN5O/c1-3-5-15-12-8-9(7-10(14)16-12)13(20)17-11-4-6-19(2)18-11/h4,6-8H,3,5H2,1-2H3,(H,15,16)(H,17,18,20). The molecule has 6 nitrogen and oxygen atoms in total. The van der Waals surface area contributed by atoms with Crippen LogP contribution in [0.25, 0.3) is 0 Å². The van der Waals surface area contributed by atoms with Gasteiger partial charge in [-0.05, 0) is 18.6 Å². The molecule has 0 aliphatic carbocycles. The molecule has 0 spiro atoms. The van der Waals surface area contributed by atoms with E-state index in [0.29, 0.717) is 17.2 Å². The number of aromatic nitrogens is 3. The number of carbonyl (C=O) groups is 1. The Hall–Kier alpha value is -2.08. The maximum absolute atomic E-state index is 12.1. The fourth-order valence-corrected chi connectivity index (χ4v) is 1.85. The second-order valence-corrected chi connectivity index (χ2v) is 4.71. The van der Waals surface area contributed by atoms with Crippen LogP contribution in [-0.2, 0) is 7.05 Å². The molecule has 0 atom stereocenters. The maximum atomic E-state index is 12.1. The molecule has 2 aromatic heterocycles. The molecule has 0 saturated heterocycles. The Bertz CT molecular complexity index is 611. The molecule has 0 aliphatic heterocycles. The average Bonchev–Trinajstić information content (AvgIpc) is 2.81. The van der Waals surface area contributed by atoms with Crippen LogP contribution in [0.5, 0.6) is 0 Å². The molecular weight excluding hydrogens is 278 g/mol. The van der Waals surface area contributed by atoms with Crippen LogP contribution in [0.1, 0.15) is 23.7 Å². The van der Waals surface area contributed by atoms with Gasteiger partial charge in [-0.1, -0.05) is 18.5 Å². The first-order valence-electron chi connectivity index (χ1n) is 6.31. The van der Waals surface area contributed by atoms with Crippen LogP contribution in [0.4, 0.5) is 11.6 Å². The van der Waals surface area contributed by atoms with Crippen molar-refractivity contribution < 1.29 is 4.79 Å². The molecule has 106 valence electrons. The van der Waals surface area contributed by atoms with Crippen molar-refractivity contribution >= 4 is 29.1 Å².